The van der Waals surface area contributed by atoms with E-state index in [0.29, 0.717) is 6.04 Å². The molecule has 2 nitrogen and oxygen atoms in total. The van der Waals surface area contributed by atoms with Gasteiger partial charge in [0.25, 0.3) is 0 Å². The van der Waals surface area contributed by atoms with Crippen molar-refractivity contribution in [2.24, 2.45) is 0 Å². The predicted octanol–water partition coefficient (Wildman–Crippen LogP) is 1.10. The highest BCUT2D eigenvalue weighted by Gasteiger charge is 2.05. The fourth-order valence-electron chi connectivity index (χ4n) is 0.741. The van der Waals surface area contributed by atoms with E-state index >= 15 is 0 Å². The molecule has 2 heteroatoms. The summed E-state index contributed by atoms with van der Waals surface area (Å²) in [6.07, 6.45) is 1.83. The maximum atomic E-state index is 8.96. The van der Waals surface area contributed by atoms with Crippen LogP contribution in [0.4, 0.5) is 0 Å². The number of aliphatic hydroxyl groups is 1. The first-order chi connectivity index (χ1) is 4.54. The van der Waals surface area contributed by atoms with Crippen molar-refractivity contribution in [3.05, 3.63) is 0 Å². The maximum Gasteiger partial charge on any atom is 0.0512 e. The van der Waals surface area contributed by atoms with E-state index < -0.39 is 0 Å². The molecule has 0 aromatic heterocycles. The first-order valence-corrected chi connectivity index (χ1v) is 3.88. The first-order valence-electron chi connectivity index (χ1n) is 3.88. The van der Waals surface area contributed by atoms with Crippen molar-refractivity contribution >= 4 is 0 Å². The van der Waals surface area contributed by atoms with E-state index in [0.717, 1.165) is 12.8 Å². The van der Waals surface area contributed by atoms with Crippen molar-refractivity contribution in [2.75, 3.05) is 14.1 Å². The van der Waals surface area contributed by atoms with Crippen molar-refractivity contribution in [1.82, 2.24) is 4.90 Å². The molecule has 0 heterocycles. The molecule has 0 fully saturated rings. The fourth-order valence-corrected chi connectivity index (χ4v) is 0.741. The summed E-state index contributed by atoms with van der Waals surface area (Å²) >= 11 is 0. The molecule has 0 aliphatic rings. The quantitative estimate of drug-likeness (QED) is 0.640. The second kappa shape index (κ2) is 4.69. The topological polar surface area (TPSA) is 23.5 Å². The smallest absolute Gasteiger partial charge is 0.0512 e. The molecule has 0 radical (unpaired) electrons. The molecule has 62 valence electrons. The van der Waals surface area contributed by atoms with Gasteiger partial charge in [-0.25, -0.2) is 0 Å². The highest BCUT2D eigenvalue weighted by atomic mass is 16.3. The Kier molecular flexibility index (Phi) is 4.65. The SMILES string of the molecule is CC(O)CCC(C)N(C)C. The third-order valence-electron chi connectivity index (χ3n) is 1.88. The summed E-state index contributed by atoms with van der Waals surface area (Å²) < 4.78 is 0. The van der Waals surface area contributed by atoms with Gasteiger partial charge in [0, 0.05) is 6.04 Å². The molecule has 0 aromatic rings. The van der Waals surface area contributed by atoms with Crippen LogP contribution in [-0.4, -0.2) is 36.2 Å². The van der Waals surface area contributed by atoms with E-state index in [-0.39, 0.29) is 6.10 Å². The van der Waals surface area contributed by atoms with E-state index in [9.17, 15) is 0 Å². The minimum Gasteiger partial charge on any atom is -0.393 e. The van der Waals surface area contributed by atoms with Gasteiger partial charge in [0.1, 0.15) is 0 Å². The lowest BCUT2D eigenvalue weighted by Gasteiger charge is -2.19. The van der Waals surface area contributed by atoms with Crippen LogP contribution in [0.15, 0.2) is 0 Å². The van der Waals surface area contributed by atoms with E-state index in [1.54, 1.807) is 0 Å². The molecule has 0 rings (SSSR count). The van der Waals surface area contributed by atoms with Crippen LogP contribution in [0.25, 0.3) is 0 Å². The minimum atomic E-state index is -0.151. The van der Waals surface area contributed by atoms with Crippen LogP contribution in [0.5, 0.6) is 0 Å². The van der Waals surface area contributed by atoms with Gasteiger partial charge in [-0.2, -0.15) is 0 Å². The highest BCUT2D eigenvalue weighted by Crippen LogP contribution is 2.04. The number of nitrogens with zero attached hydrogens (tertiary/aromatic N) is 1. The van der Waals surface area contributed by atoms with Crippen molar-refractivity contribution in [3.8, 4) is 0 Å². The normalized spacial score (nSPS) is 17.4. The van der Waals surface area contributed by atoms with Gasteiger partial charge in [-0.05, 0) is 40.8 Å². The Balaban J connectivity index is 3.30. The van der Waals surface area contributed by atoms with Crippen LogP contribution in [0.2, 0.25) is 0 Å². The second-order valence-corrected chi connectivity index (χ2v) is 3.24. The molecule has 0 bridgehead atoms. The summed E-state index contributed by atoms with van der Waals surface area (Å²) in [4.78, 5) is 2.17. The summed E-state index contributed by atoms with van der Waals surface area (Å²) in [6.45, 7) is 4.00. The zero-order valence-corrected chi connectivity index (χ0v) is 7.46. The average molecular weight is 145 g/mol. The summed E-state index contributed by atoms with van der Waals surface area (Å²) in [5.41, 5.74) is 0. The van der Waals surface area contributed by atoms with Gasteiger partial charge in [0.2, 0.25) is 0 Å². The Morgan fingerprint density at radius 2 is 1.70 bits per heavy atom. The minimum absolute atomic E-state index is 0.151. The summed E-state index contributed by atoms with van der Waals surface area (Å²) in [6, 6.07) is 0.578. The molecule has 0 aliphatic carbocycles. The number of aliphatic hydroxyl groups excluding tert-OH is 1. The molecule has 0 spiro atoms. The van der Waals surface area contributed by atoms with Crippen LogP contribution < -0.4 is 0 Å². The van der Waals surface area contributed by atoms with Crippen molar-refractivity contribution < 1.29 is 5.11 Å². The van der Waals surface area contributed by atoms with Gasteiger partial charge in [0.05, 0.1) is 6.10 Å². The molecule has 0 saturated heterocycles. The first kappa shape index (κ1) is 9.92. The van der Waals surface area contributed by atoms with Crippen molar-refractivity contribution in [2.45, 2.75) is 38.8 Å². The Bertz CT molecular complexity index is 81.3. The molecular weight excluding hydrogens is 126 g/mol. The van der Waals surface area contributed by atoms with Gasteiger partial charge in [-0.1, -0.05) is 0 Å². The lowest BCUT2D eigenvalue weighted by atomic mass is 10.1. The number of hydrogen-bond acceptors (Lipinski definition) is 2. The monoisotopic (exact) mass is 145 g/mol. The molecule has 2 unspecified atom stereocenters. The zero-order chi connectivity index (χ0) is 8.15. The Morgan fingerprint density at radius 1 is 1.20 bits per heavy atom. The molecule has 10 heavy (non-hydrogen) atoms. The van der Waals surface area contributed by atoms with E-state index in [4.69, 9.17) is 5.11 Å². The molecule has 1 N–H and O–H groups in total. The third kappa shape index (κ3) is 4.77. The summed E-state index contributed by atoms with van der Waals surface area (Å²) in [5.74, 6) is 0. The van der Waals surface area contributed by atoms with E-state index in [2.05, 4.69) is 25.9 Å². The molecule has 2 atom stereocenters. The third-order valence-corrected chi connectivity index (χ3v) is 1.88. The van der Waals surface area contributed by atoms with Crippen LogP contribution in [-0.2, 0) is 0 Å². The Hall–Kier alpha value is -0.0800. The Labute approximate surface area is 63.8 Å². The molecule has 0 aliphatic heterocycles. The predicted molar refractivity (Wildman–Crippen MR) is 44.1 cm³/mol. The van der Waals surface area contributed by atoms with Crippen LogP contribution in [0, 0.1) is 0 Å². The second-order valence-electron chi connectivity index (χ2n) is 3.24. The van der Waals surface area contributed by atoms with Crippen molar-refractivity contribution in [3.63, 3.8) is 0 Å². The van der Waals surface area contributed by atoms with Crippen LogP contribution >= 0.6 is 0 Å². The average Bonchev–Trinajstić information content (AvgIpc) is 1.82. The highest BCUT2D eigenvalue weighted by molar-refractivity contribution is 4.60. The summed E-state index contributed by atoms with van der Waals surface area (Å²) in [5, 5.41) is 8.96. The number of hydrogen-bond donors (Lipinski definition) is 1. The molecule has 0 aromatic carbocycles. The Morgan fingerprint density at radius 3 is 2.00 bits per heavy atom. The molecular formula is C8H19NO. The largest absolute Gasteiger partial charge is 0.393 e. The van der Waals surface area contributed by atoms with Crippen LogP contribution in [0.3, 0.4) is 0 Å². The van der Waals surface area contributed by atoms with E-state index in [1.165, 1.54) is 0 Å². The zero-order valence-electron chi connectivity index (χ0n) is 7.46. The maximum absolute atomic E-state index is 8.96. The summed E-state index contributed by atoms with van der Waals surface area (Å²) in [7, 11) is 4.12. The standard InChI is InChI=1S/C8H19NO/c1-7(9(3)4)5-6-8(2)10/h7-8,10H,5-6H2,1-4H3. The van der Waals surface area contributed by atoms with Crippen LogP contribution in [0.1, 0.15) is 26.7 Å². The molecule has 0 saturated carbocycles. The van der Waals surface area contributed by atoms with Gasteiger partial charge >= 0.3 is 0 Å². The lowest BCUT2D eigenvalue weighted by molar-refractivity contribution is 0.165. The molecule has 0 amide bonds. The van der Waals surface area contributed by atoms with Gasteiger partial charge < -0.3 is 10.0 Å². The lowest BCUT2D eigenvalue weighted by Crippen LogP contribution is -2.25. The van der Waals surface area contributed by atoms with E-state index in [1.807, 2.05) is 6.92 Å². The fraction of sp³-hybridized carbons (Fsp3) is 1.00. The number of rotatable bonds is 4. The van der Waals surface area contributed by atoms with Gasteiger partial charge in [-0.3, -0.25) is 0 Å². The van der Waals surface area contributed by atoms with Crippen molar-refractivity contribution in [1.29, 1.82) is 0 Å². The van der Waals surface area contributed by atoms with Gasteiger partial charge in [0.15, 0.2) is 0 Å². The van der Waals surface area contributed by atoms with Gasteiger partial charge in [-0.15, -0.1) is 0 Å².